The van der Waals surface area contributed by atoms with Crippen LogP contribution in [0, 0.1) is 5.92 Å². The van der Waals surface area contributed by atoms with Crippen molar-refractivity contribution in [2.24, 2.45) is 16.8 Å². The van der Waals surface area contributed by atoms with E-state index in [1.54, 1.807) is 0 Å². The maximum absolute atomic E-state index is 11.8. The number of amides is 2. The number of nitrogens with two attached hydrogens (primary N) is 1. The van der Waals surface area contributed by atoms with E-state index in [0.717, 1.165) is 0 Å². The summed E-state index contributed by atoms with van der Waals surface area (Å²) in [6.07, 6.45) is 0.147. The standard InChI is InChI=1S/C26H51N5O11/c1-23(2)25(26(27)33)30-24(32)3-5-34-7-9-36-11-13-38-15-17-40-19-21-42-22-20-41-18-16-39-14-12-37-10-8-35-6-4-29-31-28/h23,25H,3-22H2,1-2H3,(H2,27,33)(H,30,32)/t25-/m0/s1. The molecule has 3 N–H and O–H groups in total. The lowest BCUT2D eigenvalue weighted by atomic mass is 10.0. The van der Waals surface area contributed by atoms with Crippen LogP contribution in [-0.2, 0) is 52.2 Å². The average molecular weight is 610 g/mol. The van der Waals surface area contributed by atoms with E-state index in [0.29, 0.717) is 119 Å². The Labute approximate surface area is 248 Å². The predicted octanol–water partition coefficient (Wildman–Crippen LogP) is 0.462. The van der Waals surface area contributed by atoms with Crippen LogP contribution in [0.5, 0.6) is 0 Å². The molecule has 0 radical (unpaired) electrons. The zero-order valence-corrected chi connectivity index (χ0v) is 25.2. The fourth-order valence-corrected chi connectivity index (χ4v) is 2.99. The van der Waals surface area contributed by atoms with Crippen molar-refractivity contribution in [1.29, 1.82) is 0 Å². The lowest BCUT2D eigenvalue weighted by molar-refractivity contribution is -0.129. The predicted molar refractivity (Wildman–Crippen MR) is 152 cm³/mol. The van der Waals surface area contributed by atoms with Crippen LogP contribution in [0.4, 0.5) is 0 Å². The summed E-state index contributed by atoms with van der Waals surface area (Å²) in [5.74, 6) is -0.896. The highest BCUT2D eigenvalue weighted by Crippen LogP contribution is 2.01. The number of hydrogen-bond donors (Lipinski definition) is 2. The van der Waals surface area contributed by atoms with Crippen LogP contribution >= 0.6 is 0 Å². The van der Waals surface area contributed by atoms with E-state index in [9.17, 15) is 9.59 Å². The highest BCUT2D eigenvalue weighted by molar-refractivity contribution is 5.86. The van der Waals surface area contributed by atoms with Gasteiger partial charge in [0, 0.05) is 17.9 Å². The summed E-state index contributed by atoms with van der Waals surface area (Å²) in [5.41, 5.74) is 13.4. The van der Waals surface area contributed by atoms with E-state index in [4.69, 9.17) is 53.9 Å². The van der Waals surface area contributed by atoms with Crippen LogP contribution in [0.3, 0.4) is 0 Å². The fourth-order valence-electron chi connectivity index (χ4n) is 2.99. The van der Waals surface area contributed by atoms with Crippen molar-refractivity contribution in [3.63, 3.8) is 0 Å². The lowest BCUT2D eigenvalue weighted by Crippen LogP contribution is -2.47. The third-order valence-electron chi connectivity index (χ3n) is 5.14. The first kappa shape index (κ1) is 39.9. The quantitative estimate of drug-likeness (QED) is 0.0453. The number of nitrogens with zero attached hydrogens (tertiary/aromatic N) is 3. The largest absolute Gasteiger partial charge is 0.379 e. The Morgan fingerprint density at radius 3 is 1.21 bits per heavy atom. The van der Waals surface area contributed by atoms with Gasteiger partial charge in [0.25, 0.3) is 0 Å². The third-order valence-corrected chi connectivity index (χ3v) is 5.14. The van der Waals surface area contributed by atoms with Crippen molar-refractivity contribution < 1.29 is 52.2 Å². The average Bonchev–Trinajstić information content (AvgIpc) is 2.96. The molecule has 0 aliphatic rings. The number of hydrogen-bond acceptors (Lipinski definition) is 12. The van der Waals surface area contributed by atoms with E-state index in [1.165, 1.54) is 0 Å². The first-order chi connectivity index (χ1) is 20.5. The molecule has 0 heterocycles. The van der Waals surface area contributed by atoms with Crippen molar-refractivity contribution in [3.05, 3.63) is 10.4 Å². The first-order valence-corrected chi connectivity index (χ1v) is 14.3. The Kier molecular flexibility index (Phi) is 30.2. The summed E-state index contributed by atoms with van der Waals surface area (Å²) in [4.78, 5) is 25.8. The van der Waals surface area contributed by atoms with Crippen LogP contribution in [0.15, 0.2) is 5.11 Å². The second kappa shape index (κ2) is 31.8. The molecule has 16 heteroatoms. The molecule has 0 saturated carbocycles. The molecule has 42 heavy (non-hydrogen) atoms. The summed E-state index contributed by atoms with van der Waals surface area (Å²) >= 11 is 0. The zero-order chi connectivity index (χ0) is 30.9. The lowest BCUT2D eigenvalue weighted by Gasteiger charge is -2.18. The maximum Gasteiger partial charge on any atom is 0.240 e. The number of ether oxygens (including phenoxy) is 9. The van der Waals surface area contributed by atoms with Gasteiger partial charge in [-0.3, -0.25) is 9.59 Å². The molecule has 0 fully saturated rings. The summed E-state index contributed by atoms with van der Waals surface area (Å²) in [6.45, 7) is 11.8. The fraction of sp³-hybridized carbons (Fsp3) is 0.923. The normalized spacial score (nSPS) is 11.9. The molecule has 16 nitrogen and oxygen atoms in total. The number of azide groups is 1. The SMILES string of the molecule is CC(C)[C@H](NC(=O)CCOCCOCCOCCOCCOCCOCCOCCOCCOCCN=[N+]=[N-])C(N)=O. The summed E-state index contributed by atoms with van der Waals surface area (Å²) in [5, 5.41) is 5.97. The summed E-state index contributed by atoms with van der Waals surface area (Å²) in [6, 6.07) is -0.678. The molecular formula is C26H51N5O11. The molecule has 1 atom stereocenters. The molecule has 0 unspecified atom stereocenters. The van der Waals surface area contributed by atoms with Gasteiger partial charge < -0.3 is 53.7 Å². The van der Waals surface area contributed by atoms with Gasteiger partial charge in [0.1, 0.15) is 6.04 Å². The molecule has 0 saturated heterocycles. The molecule has 0 aromatic rings. The minimum Gasteiger partial charge on any atom is -0.379 e. The van der Waals surface area contributed by atoms with E-state index >= 15 is 0 Å². The van der Waals surface area contributed by atoms with E-state index < -0.39 is 11.9 Å². The molecule has 0 rings (SSSR count). The van der Waals surface area contributed by atoms with E-state index in [1.807, 2.05) is 13.8 Å². The van der Waals surface area contributed by atoms with Gasteiger partial charge in [-0.05, 0) is 11.4 Å². The molecule has 246 valence electrons. The minimum absolute atomic E-state index is 0.0713. The van der Waals surface area contributed by atoms with Crippen LogP contribution in [0.25, 0.3) is 10.4 Å². The number of carbonyl (C=O) groups excluding carboxylic acids is 2. The number of carbonyl (C=O) groups is 2. The van der Waals surface area contributed by atoms with Gasteiger partial charge in [-0.25, -0.2) is 0 Å². The molecular weight excluding hydrogens is 558 g/mol. The second-order valence-electron chi connectivity index (χ2n) is 8.91. The van der Waals surface area contributed by atoms with Gasteiger partial charge in [0.2, 0.25) is 11.8 Å². The molecule has 0 aliphatic carbocycles. The maximum atomic E-state index is 11.8. The Morgan fingerprint density at radius 1 is 0.619 bits per heavy atom. The molecule has 0 spiro atoms. The van der Waals surface area contributed by atoms with Gasteiger partial charge in [-0.1, -0.05) is 19.0 Å². The Hall–Kier alpha value is -2.11. The molecule has 0 bridgehead atoms. The molecule has 0 aromatic heterocycles. The summed E-state index contributed by atoms with van der Waals surface area (Å²) in [7, 11) is 0. The van der Waals surface area contributed by atoms with Crippen LogP contribution in [0.2, 0.25) is 0 Å². The Bertz CT molecular complexity index is 685. The van der Waals surface area contributed by atoms with Crippen LogP contribution in [-0.4, -0.2) is 143 Å². The van der Waals surface area contributed by atoms with Gasteiger partial charge in [-0.15, -0.1) is 0 Å². The highest BCUT2D eigenvalue weighted by atomic mass is 16.6. The number of primary amides is 1. The Balaban J connectivity index is 3.20. The highest BCUT2D eigenvalue weighted by Gasteiger charge is 2.21. The van der Waals surface area contributed by atoms with E-state index in [-0.39, 0.29) is 24.9 Å². The zero-order valence-electron chi connectivity index (χ0n) is 25.2. The monoisotopic (exact) mass is 609 g/mol. The van der Waals surface area contributed by atoms with Gasteiger partial charge in [0.05, 0.1) is 119 Å². The topological polar surface area (TPSA) is 204 Å². The third kappa shape index (κ3) is 29.4. The molecule has 0 aliphatic heterocycles. The van der Waals surface area contributed by atoms with Crippen molar-refractivity contribution in [3.8, 4) is 0 Å². The van der Waals surface area contributed by atoms with Crippen molar-refractivity contribution in [2.75, 3.05) is 125 Å². The second-order valence-corrected chi connectivity index (χ2v) is 8.91. The van der Waals surface area contributed by atoms with Gasteiger partial charge in [-0.2, -0.15) is 0 Å². The van der Waals surface area contributed by atoms with E-state index in [2.05, 4.69) is 15.3 Å². The van der Waals surface area contributed by atoms with Gasteiger partial charge >= 0.3 is 0 Å². The van der Waals surface area contributed by atoms with Crippen molar-refractivity contribution >= 4 is 11.8 Å². The Morgan fingerprint density at radius 2 is 0.929 bits per heavy atom. The number of nitrogens with one attached hydrogen (secondary N) is 1. The van der Waals surface area contributed by atoms with Crippen LogP contribution in [0.1, 0.15) is 20.3 Å². The number of rotatable bonds is 33. The van der Waals surface area contributed by atoms with Crippen LogP contribution < -0.4 is 11.1 Å². The smallest absolute Gasteiger partial charge is 0.240 e. The first-order valence-electron chi connectivity index (χ1n) is 14.3. The van der Waals surface area contributed by atoms with Crippen molar-refractivity contribution in [2.45, 2.75) is 26.3 Å². The van der Waals surface area contributed by atoms with Crippen molar-refractivity contribution in [1.82, 2.24) is 5.32 Å². The summed E-state index contributed by atoms with van der Waals surface area (Å²) < 4.78 is 48.4. The minimum atomic E-state index is -0.678. The molecule has 2 amide bonds. The van der Waals surface area contributed by atoms with Gasteiger partial charge in [0.15, 0.2) is 0 Å². The molecule has 0 aromatic carbocycles.